The molecule has 2 heterocycles. The summed E-state index contributed by atoms with van der Waals surface area (Å²) < 4.78 is 1.89. The summed E-state index contributed by atoms with van der Waals surface area (Å²) in [5.74, 6) is 0.950. The Kier molecular flexibility index (Phi) is 4.50. The number of rotatable bonds is 3. The summed E-state index contributed by atoms with van der Waals surface area (Å²) in [6.07, 6.45) is 0. The first kappa shape index (κ1) is 17.7. The number of nitrogens with one attached hydrogen (secondary N) is 1. The molecule has 0 radical (unpaired) electrons. The van der Waals surface area contributed by atoms with Gasteiger partial charge in [-0.3, -0.25) is 0 Å². The summed E-state index contributed by atoms with van der Waals surface area (Å²) in [5, 5.41) is 8.94. The molecule has 2 aromatic heterocycles. The van der Waals surface area contributed by atoms with Crippen LogP contribution < -0.4 is 5.32 Å². The molecule has 0 saturated carbocycles. The number of benzene rings is 1. The van der Waals surface area contributed by atoms with E-state index in [2.05, 4.69) is 46.0 Å². The zero-order valence-electron chi connectivity index (χ0n) is 15.7. The Morgan fingerprint density at radius 1 is 1.16 bits per heavy atom. The molecule has 1 aromatic carbocycles. The number of halogens is 1. The molecule has 0 bridgehead atoms. The third kappa shape index (κ3) is 3.36. The SMILES string of the molecule is Cc1nn2c(NC(C)C)cc(C(C)(C)C)nc2c1-c1ccccc1Cl. The Labute approximate surface area is 154 Å². The molecule has 0 atom stereocenters. The summed E-state index contributed by atoms with van der Waals surface area (Å²) in [6.45, 7) is 12.8. The minimum absolute atomic E-state index is 0.0644. The number of fused-ring (bicyclic) bond motifs is 1. The standard InChI is InChI=1S/C20H25ClN4/c1-12(2)22-17-11-16(20(4,5)6)23-19-18(13(3)24-25(17)19)14-9-7-8-10-15(14)21/h7-12,22H,1-6H3. The number of hydrogen-bond donors (Lipinski definition) is 1. The van der Waals surface area contributed by atoms with Crippen LogP contribution in [0.15, 0.2) is 30.3 Å². The molecule has 4 nitrogen and oxygen atoms in total. The number of anilines is 1. The highest BCUT2D eigenvalue weighted by Crippen LogP contribution is 2.35. The van der Waals surface area contributed by atoms with Gasteiger partial charge in [-0.1, -0.05) is 50.6 Å². The number of nitrogens with zero attached hydrogens (tertiary/aromatic N) is 3. The van der Waals surface area contributed by atoms with E-state index in [-0.39, 0.29) is 5.41 Å². The van der Waals surface area contributed by atoms with Crippen LogP contribution >= 0.6 is 11.6 Å². The van der Waals surface area contributed by atoms with Crippen LogP contribution in [0.2, 0.25) is 5.02 Å². The molecule has 3 rings (SSSR count). The van der Waals surface area contributed by atoms with E-state index >= 15 is 0 Å². The van der Waals surface area contributed by atoms with Crippen LogP contribution in [0.5, 0.6) is 0 Å². The van der Waals surface area contributed by atoms with E-state index in [1.165, 1.54) is 0 Å². The summed E-state index contributed by atoms with van der Waals surface area (Å²) in [6, 6.07) is 10.2. The molecule has 0 aliphatic heterocycles. The fraction of sp³-hybridized carbons (Fsp3) is 0.400. The normalized spacial score (nSPS) is 12.2. The van der Waals surface area contributed by atoms with Gasteiger partial charge in [-0.15, -0.1) is 0 Å². The molecule has 3 aromatic rings. The maximum Gasteiger partial charge on any atom is 0.165 e. The number of aryl methyl sites for hydroxylation is 1. The zero-order valence-corrected chi connectivity index (χ0v) is 16.4. The first-order valence-electron chi connectivity index (χ1n) is 8.61. The van der Waals surface area contributed by atoms with Crippen LogP contribution in [0.1, 0.15) is 46.0 Å². The fourth-order valence-electron chi connectivity index (χ4n) is 2.89. The first-order valence-corrected chi connectivity index (χ1v) is 8.98. The number of hydrogen-bond acceptors (Lipinski definition) is 3. The second-order valence-corrected chi connectivity index (χ2v) is 8.16. The predicted molar refractivity (Wildman–Crippen MR) is 106 cm³/mol. The molecule has 0 fully saturated rings. The van der Waals surface area contributed by atoms with E-state index in [0.717, 1.165) is 34.0 Å². The maximum atomic E-state index is 6.46. The van der Waals surface area contributed by atoms with E-state index < -0.39 is 0 Å². The van der Waals surface area contributed by atoms with Gasteiger partial charge in [0.1, 0.15) is 5.82 Å². The second-order valence-electron chi connectivity index (χ2n) is 7.75. The van der Waals surface area contributed by atoms with Crippen LogP contribution in [-0.4, -0.2) is 20.6 Å². The van der Waals surface area contributed by atoms with E-state index in [4.69, 9.17) is 21.7 Å². The van der Waals surface area contributed by atoms with Crippen LogP contribution in [0.3, 0.4) is 0 Å². The van der Waals surface area contributed by atoms with Crippen molar-refractivity contribution in [3.63, 3.8) is 0 Å². The van der Waals surface area contributed by atoms with Crippen molar-refractivity contribution >= 4 is 23.1 Å². The lowest BCUT2D eigenvalue weighted by molar-refractivity contribution is 0.568. The molecular weight excluding hydrogens is 332 g/mol. The average molecular weight is 357 g/mol. The minimum Gasteiger partial charge on any atom is -0.368 e. The first-order chi connectivity index (χ1) is 11.7. The summed E-state index contributed by atoms with van der Waals surface area (Å²) in [7, 11) is 0. The fourth-order valence-corrected chi connectivity index (χ4v) is 3.12. The van der Waals surface area contributed by atoms with Crippen LogP contribution in [0.25, 0.3) is 16.8 Å². The van der Waals surface area contributed by atoms with Gasteiger partial charge < -0.3 is 5.32 Å². The molecule has 0 aliphatic carbocycles. The molecule has 5 heteroatoms. The quantitative estimate of drug-likeness (QED) is 0.676. The van der Waals surface area contributed by atoms with Gasteiger partial charge in [0.2, 0.25) is 0 Å². The lowest BCUT2D eigenvalue weighted by Crippen LogP contribution is -2.19. The molecule has 0 unspecified atom stereocenters. The lowest BCUT2D eigenvalue weighted by Gasteiger charge is -2.21. The van der Waals surface area contributed by atoms with Gasteiger partial charge in [0.05, 0.1) is 17.0 Å². The Balaban J connectivity index is 2.36. The third-order valence-electron chi connectivity index (χ3n) is 4.11. The van der Waals surface area contributed by atoms with Crippen molar-refractivity contribution in [2.45, 2.75) is 53.0 Å². The van der Waals surface area contributed by atoms with Gasteiger partial charge in [0.25, 0.3) is 0 Å². The smallest absolute Gasteiger partial charge is 0.165 e. The van der Waals surface area contributed by atoms with Crippen LogP contribution in [0, 0.1) is 6.92 Å². The zero-order chi connectivity index (χ0) is 18.4. The molecule has 132 valence electrons. The Morgan fingerprint density at radius 2 is 1.84 bits per heavy atom. The van der Waals surface area contributed by atoms with Crippen LogP contribution in [0.4, 0.5) is 5.82 Å². The van der Waals surface area contributed by atoms with Crippen molar-refractivity contribution in [2.75, 3.05) is 5.32 Å². The van der Waals surface area contributed by atoms with E-state index in [9.17, 15) is 0 Å². The lowest BCUT2D eigenvalue weighted by atomic mass is 9.91. The van der Waals surface area contributed by atoms with Crippen molar-refractivity contribution in [1.82, 2.24) is 14.6 Å². The van der Waals surface area contributed by atoms with Gasteiger partial charge >= 0.3 is 0 Å². The predicted octanol–water partition coefficient (Wildman–Crippen LogP) is 5.48. The van der Waals surface area contributed by atoms with Gasteiger partial charge in [-0.2, -0.15) is 9.61 Å². The third-order valence-corrected chi connectivity index (χ3v) is 4.44. The van der Waals surface area contributed by atoms with E-state index in [1.807, 2.05) is 35.7 Å². The minimum atomic E-state index is -0.0644. The van der Waals surface area contributed by atoms with Gasteiger partial charge in [0, 0.05) is 28.1 Å². The average Bonchev–Trinajstić information content (AvgIpc) is 2.83. The van der Waals surface area contributed by atoms with Crippen molar-refractivity contribution < 1.29 is 0 Å². The van der Waals surface area contributed by atoms with Crippen molar-refractivity contribution in [3.8, 4) is 11.1 Å². The molecular formula is C20H25ClN4. The van der Waals surface area contributed by atoms with Crippen LogP contribution in [-0.2, 0) is 5.41 Å². The van der Waals surface area contributed by atoms with Gasteiger partial charge in [-0.05, 0) is 26.8 Å². The summed E-state index contributed by atoms with van der Waals surface area (Å²) in [4.78, 5) is 4.95. The highest BCUT2D eigenvalue weighted by molar-refractivity contribution is 6.33. The van der Waals surface area contributed by atoms with E-state index in [0.29, 0.717) is 11.1 Å². The molecule has 25 heavy (non-hydrogen) atoms. The Bertz CT molecular complexity index is 919. The Hall–Kier alpha value is -2.07. The molecule has 0 spiro atoms. The van der Waals surface area contributed by atoms with Gasteiger partial charge in [-0.25, -0.2) is 4.98 Å². The monoisotopic (exact) mass is 356 g/mol. The second kappa shape index (κ2) is 6.34. The largest absolute Gasteiger partial charge is 0.368 e. The Morgan fingerprint density at radius 3 is 2.44 bits per heavy atom. The molecule has 0 aliphatic rings. The van der Waals surface area contributed by atoms with Gasteiger partial charge in [0.15, 0.2) is 5.65 Å². The number of aromatic nitrogens is 3. The summed E-state index contributed by atoms with van der Waals surface area (Å²) in [5.41, 5.74) is 4.66. The van der Waals surface area contributed by atoms with E-state index in [1.54, 1.807) is 0 Å². The molecule has 0 saturated heterocycles. The van der Waals surface area contributed by atoms with Crippen molar-refractivity contribution in [1.29, 1.82) is 0 Å². The topological polar surface area (TPSA) is 42.2 Å². The van der Waals surface area contributed by atoms with Crippen molar-refractivity contribution in [3.05, 3.63) is 46.7 Å². The van der Waals surface area contributed by atoms with Crippen molar-refractivity contribution in [2.24, 2.45) is 0 Å². The molecule has 1 N–H and O–H groups in total. The molecule has 0 amide bonds. The summed E-state index contributed by atoms with van der Waals surface area (Å²) >= 11 is 6.46. The highest BCUT2D eigenvalue weighted by atomic mass is 35.5. The maximum absolute atomic E-state index is 6.46. The highest BCUT2D eigenvalue weighted by Gasteiger charge is 2.23.